The molecule has 0 aliphatic carbocycles. The van der Waals surface area contributed by atoms with E-state index in [-0.39, 0.29) is 5.75 Å². The summed E-state index contributed by atoms with van der Waals surface area (Å²) in [7, 11) is -3.08. The fourth-order valence-electron chi connectivity index (χ4n) is 1.41. The molecule has 1 aromatic rings. The van der Waals surface area contributed by atoms with E-state index in [0.29, 0.717) is 6.42 Å². The zero-order valence-electron chi connectivity index (χ0n) is 8.55. The van der Waals surface area contributed by atoms with E-state index in [2.05, 4.69) is 0 Å². The molecule has 80 valence electrons. The number of sulfone groups is 1. The van der Waals surface area contributed by atoms with E-state index in [1.807, 2.05) is 36.4 Å². The van der Waals surface area contributed by atoms with Gasteiger partial charge in [0.1, 0.15) is 9.84 Å². The second kappa shape index (κ2) is 4.94. The van der Waals surface area contributed by atoms with Crippen molar-refractivity contribution in [1.29, 1.82) is 5.26 Å². The highest BCUT2D eigenvalue weighted by atomic mass is 32.2. The second-order valence-electron chi connectivity index (χ2n) is 3.61. The van der Waals surface area contributed by atoms with Crippen LogP contribution in [0, 0.1) is 17.2 Å². The largest absolute Gasteiger partial charge is 0.229 e. The van der Waals surface area contributed by atoms with E-state index in [9.17, 15) is 8.42 Å². The highest BCUT2D eigenvalue weighted by Crippen LogP contribution is 2.09. The van der Waals surface area contributed by atoms with Gasteiger partial charge in [-0.2, -0.15) is 5.26 Å². The van der Waals surface area contributed by atoms with Crippen molar-refractivity contribution in [3.8, 4) is 6.07 Å². The molecule has 1 rings (SSSR count). The molecule has 15 heavy (non-hydrogen) atoms. The maximum absolute atomic E-state index is 11.0. The third-order valence-electron chi connectivity index (χ3n) is 2.01. The minimum absolute atomic E-state index is 0.0710. The zero-order chi connectivity index (χ0) is 11.3. The van der Waals surface area contributed by atoms with Gasteiger partial charge >= 0.3 is 0 Å². The molecule has 0 N–H and O–H groups in total. The topological polar surface area (TPSA) is 57.9 Å². The first-order chi connectivity index (χ1) is 7.01. The fourth-order valence-corrected chi connectivity index (χ4v) is 2.33. The number of nitrogens with zero attached hydrogens (tertiary/aromatic N) is 1. The minimum Gasteiger partial charge on any atom is -0.229 e. The van der Waals surface area contributed by atoms with Crippen molar-refractivity contribution in [1.82, 2.24) is 0 Å². The normalized spacial score (nSPS) is 13.1. The summed E-state index contributed by atoms with van der Waals surface area (Å²) in [6.45, 7) is 0. The van der Waals surface area contributed by atoms with Gasteiger partial charge in [-0.1, -0.05) is 30.3 Å². The third kappa shape index (κ3) is 4.61. The lowest BCUT2D eigenvalue weighted by molar-refractivity contribution is 0.590. The molecule has 0 aliphatic heterocycles. The lowest BCUT2D eigenvalue weighted by Crippen LogP contribution is -2.15. The van der Waals surface area contributed by atoms with Crippen LogP contribution in [0.1, 0.15) is 5.56 Å². The van der Waals surface area contributed by atoms with Crippen molar-refractivity contribution in [3.63, 3.8) is 0 Å². The Kier molecular flexibility index (Phi) is 3.87. The SMILES string of the molecule is CS(=O)(=O)CC(C#N)Cc1ccccc1. The van der Waals surface area contributed by atoms with E-state index in [1.165, 1.54) is 0 Å². The molecule has 4 heteroatoms. The molecule has 0 amide bonds. The third-order valence-corrected chi connectivity index (χ3v) is 3.02. The van der Waals surface area contributed by atoms with Crippen molar-refractivity contribution in [3.05, 3.63) is 35.9 Å². The molecule has 0 radical (unpaired) electrons. The van der Waals surface area contributed by atoms with Crippen LogP contribution in [0.3, 0.4) is 0 Å². The molecule has 3 nitrogen and oxygen atoms in total. The minimum atomic E-state index is -3.08. The number of benzene rings is 1. The smallest absolute Gasteiger partial charge is 0.148 e. The van der Waals surface area contributed by atoms with E-state index in [0.717, 1.165) is 11.8 Å². The molecule has 0 aromatic heterocycles. The molecular weight excluding hydrogens is 210 g/mol. The standard InChI is InChI=1S/C11H13NO2S/c1-15(13,14)9-11(8-12)7-10-5-3-2-4-6-10/h2-6,11H,7,9H2,1H3. The van der Waals surface area contributed by atoms with Crippen LogP contribution in [-0.2, 0) is 16.3 Å². The predicted octanol–water partition coefficient (Wildman–Crippen LogP) is 1.41. The Morgan fingerprint density at radius 2 is 1.93 bits per heavy atom. The van der Waals surface area contributed by atoms with Crippen LogP contribution in [0.15, 0.2) is 30.3 Å². The van der Waals surface area contributed by atoms with Crippen LogP contribution in [0.5, 0.6) is 0 Å². The second-order valence-corrected chi connectivity index (χ2v) is 5.79. The van der Waals surface area contributed by atoms with Gasteiger partial charge in [0, 0.05) is 6.26 Å². The summed E-state index contributed by atoms with van der Waals surface area (Å²) in [6.07, 6.45) is 1.65. The molecule has 0 fully saturated rings. The molecular formula is C11H13NO2S. The Morgan fingerprint density at radius 1 is 1.33 bits per heavy atom. The highest BCUT2D eigenvalue weighted by Gasteiger charge is 2.14. The maximum atomic E-state index is 11.0. The summed E-state index contributed by atoms with van der Waals surface area (Å²) in [5.74, 6) is -0.527. The lowest BCUT2D eigenvalue weighted by Gasteiger charge is -2.07. The van der Waals surface area contributed by atoms with E-state index in [1.54, 1.807) is 0 Å². The van der Waals surface area contributed by atoms with E-state index >= 15 is 0 Å². The molecule has 1 unspecified atom stereocenters. The van der Waals surface area contributed by atoms with Crippen LogP contribution in [-0.4, -0.2) is 20.4 Å². The van der Waals surface area contributed by atoms with Gasteiger partial charge in [0.2, 0.25) is 0 Å². The number of rotatable bonds is 4. The van der Waals surface area contributed by atoms with Crippen molar-refractivity contribution in [2.24, 2.45) is 5.92 Å². The summed E-state index contributed by atoms with van der Waals surface area (Å²) < 4.78 is 22.1. The van der Waals surface area contributed by atoms with Crippen molar-refractivity contribution < 1.29 is 8.42 Å². The van der Waals surface area contributed by atoms with E-state index in [4.69, 9.17) is 5.26 Å². The van der Waals surface area contributed by atoms with Crippen LogP contribution < -0.4 is 0 Å². The summed E-state index contributed by atoms with van der Waals surface area (Å²) in [4.78, 5) is 0. The quantitative estimate of drug-likeness (QED) is 0.775. The predicted molar refractivity (Wildman–Crippen MR) is 59.0 cm³/mol. The Labute approximate surface area is 90.3 Å². The van der Waals surface area contributed by atoms with Gasteiger partial charge in [-0.25, -0.2) is 8.42 Å². The van der Waals surface area contributed by atoms with E-state index < -0.39 is 15.8 Å². The number of hydrogen-bond acceptors (Lipinski definition) is 3. The van der Waals surface area contributed by atoms with Gasteiger partial charge < -0.3 is 0 Å². The number of nitriles is 1. The van der Waals surface area contributed by atoms with Gasteiger partial charge in [-0.3, -0.25) is 0 Å². The van der Waals surface area contributed by atoms with Crippen molar-refractivity contribution in [2.45, 2.75) is 6.42 Å². The molecule has 0 saturated carbocycles. The van der Waals surface area contributed by atoms with Crippen LogP contribution in [0.4, 0.5) is 0 Å². The first-order valence-electron chi connectivity index (χ1n) is 4.62. The van der Waals surface area contributed by atoms with Gasteiger partial charge in [-0.15, -0.1) is 0 Å². The molecule has 1 aromatic carbocycles. The highest BCUT2D eigenvalue weighted by molar-refractivity contribution is 7.90. The molecule has 1 atom stereocenters. The van der Waals surface area contributed by atoms with Gasteiger partial charge in [0.05, 0.1) is 17.7 Å². The van der Waals surface area contributed by atoms with Crippen LogP contribution in [0.2, 0.25) is 0 Å². The van der Waals surface area contributed by atoms with Gasteiger partial charge in [0.15, 0.2) is 0 Å². The Balaban J connectivity index is 2.68. The molecule has 0 aliphatic rings. The Bertz CT molecular complexity index is 445. The summed E-state index contributed by atoms with van der Waals surface area (Å²) in [5, 5.41) is 8.84. The Morgan fingerprint density at radius 3 is 2.40 bits per heavy atom. The van der Waals surface area contributed by atoms with Crippen molar-refractivity contribution >= 4 is 9.84 Å². The molecule has 0 spiro atoms. The van der Waals surface area contributed by atoms with Gasteiger partial charge in [0.25, 0.3) is 0 Å². The number of hydrogen-bond donors (Lipinski definition) is 0. The fraction of sp³-hybridized carbons (Fsp3) is 0.364. The summed E-state index contributed by atoms with van der Waals surface area (Å²) in [5.41, 5.74) is 0.993. The summed E-state index contributed by atoms with van der Waals surface area (Å²) >= 11 is 0. The first kappa shape index (κ1) is 11.7. The lowest BCUT2D eigenvalue weighted by atomic mass is 10.0. The molecule has 0 heterocycles. The maximum Gasteiger partial charge on any atom is 0.148 e. The Hall–Kier alpha value is -1.34. The average Bonchev–Trinajstić information content (AvgIpc) is 2.16. The summed E-state index contributed by atoms with van der Waals surface area (Å²) in [6, 6.07) is 11.5. The monoisotopic (exact) mass is 223 g/mol. The zero-order valence-corrected chi connectivity index (χ0v) is 9.37. The molecule has 0 bridgehead atoms. The van der Waals surface area contributed by atoms with Gasteiger partial charge in [-0.05, 0) is 12.0 Å². The van der Waals surface area contributed by atoms with Crippen LogP contribution in [0.25, 0.3) is 0 Å². The molecule has 0 saturated heterocycles. The first-order valence-corrected chi connectivity index (χ1v) is 6.68. The average molecular weight is 223 g/mol. The van der Waals surface area contributed by atoms with Crippen molar-refractivity contribution in [2.75, 3.05) is 12.0 Å². The van der Waals surface area contributed by atoms with Crippen LogP contribution >= 0.6 is 0 Å².